The van der Waals surface area contributed by atoms with Crippen molar-refractivity contribution in [2.45, 2.75) is 26.7 Å². The molecule has 1 fully saturated rings. The summed E-state index contributed by atoms with van der Waals surface area (Å²) in [5, 5.41) is 6.67. The van der Waals surface area contributed by atoms with Crippen molar-refractivity contribution in [2.24, 2.45) is 5.92 Å². The smallest absolute Gasteiger partial charge is 0.243 e. The van der Waals surface area contributed by atoms with Crippen molar-refractivity contribution in [1.82, 2.24) is 0 Å². The first-order valence-corrected chi connectivity index (χ1v) is 9.54. The SMILES string of the molecule is Cc1ccc(NC(=O)CNc2ccc(N3CCC(C)CC3)cc2)cc1Cl. The number of nitrogens with zero attached hydrogens (tertiary/aromatic N) is 1. The summed E-state index contributed by atoms with van der Waals surface area (Å²) in [4.78, 5) is 14.5. The summed E-state index contributed by atoms with van der Waals surface area (Å²) >= 11 is 6.09. The van der Waals surface area contributed by atoms with E-state index in [0.29, 0.717) is 10.7 Å². The maximum atomic E-state index is 12.1. The molecule has 0 bridgehead atoms. The fourth-order valence-electron chi connectivity index (χ4n) is 3.12. The molecular formula is C21H26ClN3O. The molecule has 0 spiro atoms. The molecule has 3 rings (SSSR count). The number of aryl methyl sites for hydroxylation is 1. The van der Waals surface area contributed by atoms with Gasteiger partial charge in [0.2, 0.25) is 5.91 Å². The molecule has 5 heteroatoms. The predicted molar refractivity (Wildman–Crippen MR) is 110 cm³/mol. The van der Waals surface area contributed by atoms with Crippen LogP contribution >= 0.6 is 11.6 Å². The van der Waals surface area contributed by atoms with E-state index in [0.717, 1.165) is 30.3 Å². The summed E-state index contributed by atoms with van der Waals surface area (Å²) in [5.74, 6) is 0.730. The molecule has 0 unspecified atom stereocenters. The lowest BCUT2D eigenvalue weighted by Crippen LogP contribution is -2.32. The van der Waals surface area contributed by atoms with Gasteiger partial charge in [0.1, 0.15) is 0 Å². The van der Waals surface area contributed by atoms with Crippen molar-refractivity contribution in [2.75, 3.05) is 35.2 Å². The molecule has 4 nitrogen and oxygen atoms in total. The lowest BCUT2D eigenvalue weighted by molar-refractivity contribution is -0.114. The number of rotatable bonds is 5. The molecule has 0 radical (unpaired) electrons. The second-order valence-corrected chi connectivity index (χ2v) is 7.49. The summed E-state index contributed by atoms with van der Waals surface area (Å²) < 4.78 is 0. The van der Waals surface area contributed by atoms with Crippen LogP contribution in [0, 0.1) is 12.8 Å². The van der Waals surface area contributed by atoms with Crippen LogP contribution in [0.5, 0.6) is 0 Å². The zero-order valence-corrected chi connectivity index (χ0v) is 16.1. The lowest BCUT2D eigenvalue weighted by Gasteiger charge is -2.32. The van der Waals surface area contributed by atoms with E-state index in [1.165, 1.54) is 18.5 Å². The maximum absolute atomic E-state index is 12.1. The van der Waals surface area contributed by atoms with Gasteiger partial charge in [-0.1, -0.05) is 24.6 Å². The van der Waals surface area contributed by atoms with Crippen LogP contribution < -0.4 is 15.5 Å². The zero-order valence-electron chi connectivity index (χ0n) is 15.4. The minimum absolute atomic E-state index is 0.0981. The van der Waals surface area contributed by atoms with Gasteiger partial charge in [0.15, 0.2) is 0 Å². The van der Waals surface area contributed by atoms with E-state index in [-0.39, 0.29) is 12.5 Å². The van der Waals surface area contributed by atoms with Crippen LogP contribution in [0.4, 0.5) is 17.1 Å². The van der Waals surface area contributed by atoms with Gasteiger partial charge in [-0.25, -0.2) is 0 Å². The molecule has 0 aliphatic carbocycles. The average molecular weight is 372 g/mol. The van der Waals surface area contributed by atoms with Crippen molar-refractivity contribution in [1.29, 1.82) is 0 Å². The molecule has 0 aromatic heterocycles. The van der Waals surface area contributed by atoms with Crippen molar-refractivity contribution >= 4 is 34.6 Å². The van der Waals surface area contributed by atoms with Crippen LogP contribution in [0.2, 0.25) is 5.02 Å². The van der Waals surface area contributed by atoms with E-state index in [1.807, 2.05) is 31.2 Å². The number of nitrogens with one attached hydrogen (secondary N) is 2. The van der Waals surface area contributed by atoms with E-state index in [4.69, 9.17) is 11.6 Å². The fourth-order valence-corrected chi connectivity index (χ4v) is 3.30. The van der Waals surface area contributed by atoms with Crippen LogP contribution in [0.25, 0.3) is 0 Å². The molecule has 0 atom stereocenters. The highest BCUT2D eigenvalue weighted by Crippen LogP contribution is 2.24. The zero-order chi connectivity index (χ0) is 18.5. The topological polar surface area (TPSA) is 44.4 Å². The van der Waals surface area contributed by atoms with Crippen molar-refractivity contribution in [3.05, 3.63) is 53.1 Å². The monoisotopic (exact) mass is 371 g/mol. The third-order valence-corrected chi connectivity index (χ3v) is 5.33. The molecule has 2 N–H and O–H groups in total. The number of amides is 1. The normalized spacial score (nSPS) is 15.0. The maximum Gasteiger partial charge on any atom is 0.243 e. The van der Waals surface area contributed by atoms with Gasteiger partial charge in [-0.15, -0.1) is 0 Å². The molecule has 138 valence electrons. The standard InChI is InChI=1S/C21H26ClN3O/c1-15-9-11-25(12-10-15)19-7-5-17(6-8-19)23-14-21(26)24-18-4-3-16(2)20(22)13-18/h3-8,13,15,23H,9-12,14H2,1-2H3,(H,24,26). The quantitative estimate of drug-likeness (QED) is 0.782. The molecule has 1 aliphatic rings. The Hall–Kier alpha value is -2.20. The van der Waals surface area contributed by atoms with E-state index in [2.05, 4.69) is 34.6 Å². The first-order chi connectivity index (χ1) is 12.5. The van der Waals surface area contributed by atoms with Crippen LogP contribution in [0.15, 0.2) is 42.5 Å². The Morgan fingerprint density at radius 1 is 1.12 bits per heavy atom. The van der Waals surface area contributed by atoms with Gasteiger partial charge in [-0.3, -0.25) is 4.79 Å². The molecule has 1 heterocycles. The Balaban J connectivity index is 1.49. The van der Waals surface area contributed by atoms with E-state index >= 15 is 0 Å². The van der Waals surface area contributed by atoms with Gasteiger partial charge in [0.05, 0.1) is 6.54 Å². The van der Waals surface area contributed by atoms with E-state index in [9.17, 15) is 4.79 Å². The minimum atomic E-state index is -0.0981. The number of piperidine rings is 1. The Kier molecular flexibility index (Phi) is 6.04. The van der Waals surface area contributed by atoms with Gasteiger partial charge >= 0.3 is 0 Å². The van der Waals surface area contributed by atoms with Crippen LogP contribution in [-0.2, 0) is 4.79 Å². The second kappa shape index (κ2) is 8.45. The van der Waals surface area contributed by atoms with Crippen molar-refractivity contribution in [3.8, 4) is 0 Å². The Labute approximate surface area is 160 Å². The van der Waals surface area contributed by atoms with Crippen molar-refractivity contribution in [3.63, 3.8) is 0 Å². The van der Waals surface area contributed by atoms with Gasteiger partial charge in [0.25, 0.3) is 0 Å². The second-order valence-electron chi connectivity index (χ2n) is 7.08. The van der Waals surface area contributed by atoms with Crippen LogP contribution in [0.1, 0.15) is 25.3 Å². The van der Waals surface area contributed by atoms with E-state index in [1.54, 1.807) is 6.07 Å². The molecule has 2 aromatic rings. The summed E-state index contributed by atoms with van der Waals surface area (Å²) in [6.45, 7) is 6.71. The number of benzene rings is 2. The molecule has 26 heavy (non-hydrogen) atoms. The average Bonchev–Trinajstić information content (AvgIpc) is 2.64. The van der Waals surface area contributed by atoms with Crippen molar-refractivity contribution < 1.29 is 4.79 Å². The molecule has 0 saturated carbocycles. The molecular weight excluding hydrogens is 346 g/mol. The number of hydrogen-bond donors (Lipinski definition) is 2. The highest BCUT2D eigenvalue weighted by molar-refractivity contribution is 6.31. The lowest BCUT2D eigenvalue weighted by atomic mass is 9.99. The number of anilines is 3. The molecule has 1 amide bonds. The fraction of sp³-hybridized carbons (Fsp3) is 0.381. The van der Waals surface area contributed by atoms with Gasteiger partial charge in [-0.2, -0.15) is 0 Å². The highest BCUT2D eigenvalue weighted by atomic mass is 35.5. The number of halogens is 1. The van der Waals surface area contributed by atoms with Gasteiger partial charge < -0.3 is 15.5 Å². The Bertz CT molecular complexity index is 752. The minimum Gasteiger partial charge on any atom is -0.376 e. The summed E-state index contributed by atoms with van der Waals surface area (Å²) in [5.41, 5.74) is 3.89. The predicted octanol–water partition coefficient (Wildman–Crippen LogP) is 4.94. The van der Waals surface area contributed by atoms with Crippen LogP contribution in [-0.4, -0.2) is 25.5 Å². The van der Waals surface area contributed by atoms with Gasteiger partial charge in [0, 0.05) is 35.2 Å². The first kappa shape index (κ1) is 18.6. The summed E-state index contributed by atoms with van der Waals surface area (Å²) in [6, 6.07) is 13.8. The molecule has 1 aliphatic heterocycles. The third-order valence-electron chi connectivity index (χ3n) is 4.92. The van der Waals surface area contributed by atoms with E-state index < -0.39 is 0 Å². The number of carbonyl (C=O) groups is 1. The third kappa shape index (κ3) is 4.92. The van der Waals surface area contributed by atoms with Crippen LogP contribution in [0.3, 0.4) is 0 Å². The van der Waals surface area contributed by atoms with Gasteiger partial charge in [-0.05, 0) is 67.6 Å². The number of hydrogen-bond acceptors (Lipinski definition) is 3. The summed E-state index contributed by atoms with van der Waals surface area (Å²) in [7, 11) is 0. The largest absolute Gasteiger partial charge is 0.376 e. The molecule has 1 saturated heterocycles. The first-order valence-electron chi connectivity index (χ1n) is 9.16. The Morgan fingerprint density at radius 2 is 1.77 bits per heavy atom. The number of carbonyl (C=O) groups excluding carboxylic acids is 1. The summed E-state index contributed by atoms with van der Waals surface area (Å²) in [6.07, 6.45) is 2.51. The highest BCUT2D eigenvalue weighted by Gasteiger charge is 2.15. The molecule has 2 aromatic carbocycles. The Morgan fingerprint density at radius 3 is 2.42 bits per heavy atom.